The molecule has 0 aliphatic carbocycles. The van der Waals surface area contributed by atoms with Crippen molar-refractivity contribution in [1.82, 2.24) is 10.3 Å². The molecule has 14 heavy (non-hydrogen) atoms. The summed E-state index contributed by atoms with van der Waals surface area (Å²) in [5.41, 5.74) is 3.92. The number of thiazole rings is 1. The Hall–Kier alpha value is -0.650. The first-order chi connectivity index (χ1) is 6.81. The molecule has 5 heteroatoms. The monoisotopic (exact) mass is 272 g/mol. The molecule has 1 N–H and O–H groups in total. The summed E-state index contributed by atoms with van der Waals surface area (Å²) in [6, 6.07) is 2.05. The van der Waals surface area contributed by atoms with Crippen LogP contribution in [0.4, 0.5) is 0 Å². The van der Waals surface area contributed by atoms with Crippen LogP contribution in [0.5, 0.6) is 0 Å². The molecule has 2 heterocycles. The van der Waals surface area contributed by atoms with Crippen molar-refractivity contribution < 1.29 is 4.42 Å². The Morgan fingerprint density at radius 1 is 1.64 bits per heavy atom. The Labute approximate surface area is 94.3 Å². The SMILES string of the molecule is CNC(c1coc(Br)c1)c1cscn1. The third-order valence-corrected chi connectivity index (χ3v) is 2.98. The van der Waals surface area contributed by atoms with Gasteiger partial charge in [-0.15, -0.1) is 11.3 Å². The van der Waals surface area contributed by atoms with E-state index in [4.69, 9.17) is 4.42 Å². The van der Waals surface area contributed by atoms with Gasteiger partial charge < -0.3 is 9.73 Å². The Morgan fingerprint density at radius 3 is 3.00 bits per heavy atom. The fourth-order valence-corrected chi connectivity index (χ4v) is 2.26. The number of nitrogens with one attached hydrogen (secondary N) is 1. The zero-order valence-corrected chi connectivity index (χ0v) is 9.93. The van der Waals surface area contributed by atoms with E-state index in [-0.39, 0.29) is 6.04 Å². The zero-order chi connectivity index (χ0) is 9.97. The van der Waals surface area contributed by atoms with Gasteiger partial charge in [-0.05, 0) is 29.0 Å². The number of aromatic nitrogens is 1. The molecule has 0 aliphatic heterocycles. The van der Waals surface area contributed by atoms with E-state index >= 15 is 0 Å². The van der Waals surface area contributed by atoms with Crippen molar-refractivity contribution in [3.05, 3.63) is 39.1 Å². The van der Waals surface area contributed by atoms with Crippen LogP contribution in [0.2, 0.25) is 0 Å². The third kappa shape index (κ3) is 1.89. The zero-order valence-electron chi connectivity index (χ0n) is 7.53. The topological polar surface area (TPSA) is 38.1 Å². The van der Waals surface area contributed by atoms with Gasteiger partial charge in [0.05, 0.1) is 23.5 Å². The van der Waals surface area contributed by atoms with E-state index in [1.54, 1.807) is 17.6 Å². The maximum Gasteiger partial charge on any atom is 0.169 e. The number of halogens is 1. The largest absolute Gasteiger partial charge is 0.457 e. The van der Waals surface area contributed by atoms with E-state index in [0.29, 0.717) is 0 Å². The van der Waals surface area contributed by atoms with E-state index in [1.165, 1.54) is 0 Å². The second-order valence-corrected chi connectivity index (χ2v) is 4.32. The molecule has 0 radical (unpaired) electrons. The minimum Gasteiger partial charge on any atom is -0.457 e. The molecule has 2 aromatic rings. The Morgan fingerprint density at radius 2 is 2.50 bits per heavy atom. The van der Waals surface area contributed by atoms with Gasteiger partial charge in [-0.1, -0.05) is 0 Å². The second kappa shape index (κ2) is 4.25. The van der Waals surface area contributed by atoms with Gasteiger partial charge in [0, 0.05) is 10.9 Å². The van der Waals surface area contributed by atoms with E-state index < -0.39 is 0 Å². The summed E-state index contributed by atoms with van der Waals surface area (Å²) in [5.74, 6) is 0. The molecule has 0 amide bonds. The maximum absolute atomic E-state index is 5.20. The van der Waals surface area contributed by atoms with E-state index in [9.17, 15) is 0 Å². The molecule has 2 rings (SSSR count). The van der Waals surface area contributed by atoms with Gasteiger partial charge in [0.25, 0.3) is 0 Å². The standard InChI is InChI=1S/C9H9BrN2OS/c1-11-9(7-4-14-5-12-7)6-2-8(10)13-3-6/h2-5,9,11H,1H3. The molecule has 0 saturated heterocycles. The predicted molar refractivity (Wildman–Crippen MR) is 59.4 cm³/mol. The van der Waals surface area contributed by atoms with Gasteiger partial charge in [0.2, 0.25) is 0 Å². The van der Waals surface area contributed by atoms with Gasteiger partial charge in [-0.25, -0.2) is 4.98 Å². The molecule has 0 saturated carbocycles. The number of hydrogen-bond acceptors (Lipinski definition) is 4. The molecule has 1 atom stereocenters. The average molecular weight is 273 g/mol. The minimum atomic E-state index is 0.108. The van der Waals surface area contributed by atoms with Gasteiger partial charge >= 0.3 is 0 Å². The second-order valence-electron chi connectivity index (χ2n) is 2.82. The summed E-state index contributed by atoms with van der Waals surface area (Å²) in [7, 11) is 1.91. The molecule has 1 unspecified atom stereocenters. The molecule has 3 nitrogen and oxygen atoms in total. The van der Waals surface area contributed by atoms with E-state index in [0.717, 1.165) is 15.9 Å². The highest BCUT2D eigenvalue weighted by Gasteiger charge is 2.15. The summed E-state index contributed by atoms with van der Waals surface area (Å²) in [6.07, 6.45) is 1.73. The van der Waals surface area contributed by atoms with Gasteiger partial charge in [0.15, 0.2) is 4.67 Å². The average Bonchev–Trinajstić information content (AvgIpc) is 2.79. The highest BCUT2D eigenvalue weighted by atomic mass is 79.9. The maximum atomic E-state index is 5.20. The molecule has 0 aromatic carbocycles. The summed E-state index contributed by atoms with van der Waals surface area (Å²) >= 11 is 4.87. The number of hydrogen-bond donors (Lipinski definition) is 1. The van der Waals surface area contributed by atoms with Crippen LogP contribution in [0.1, 0.15) is 17.3 Å². The predicted octanol–water partition coefficient (Wildman–Crippen LogP) is 2.81. The minimum absolute atomic E-state index is 0.108. The first kappa shape index (κ1) is 9.89. The van der Waals surface area contributed by atoms with Crippen molar-refractivity contribution in [2.24, 2.45) is 0 Å². The summed E-state index contributed by atoms with van der Waals surface area (Å²) in [4.78, 5) is 4.27. The van der Waals surface area contributed by atoms with Crippen LogP contribution in [0.15, 0.2) is 32.3 Å². The van der Waals surface area contributed by atoms with Crippen molar-refractivity contribution in [3.8, 4) is 0 Å². The van der Waals surface area contributed by atoms with Crippen molar-refractivity contribution in [1.29, 1.82) is 0 Å². The van der Waals surface area contributed by atoms with E-state index in [1.807, 2.05) is 24.0 Å². The molecular weight excluding hydrogens is 264 g/mol. The quantitative estimate of drug-likeness (QED) is 0.934. The molecule has 2 aromatic heterocycles. The fourth-order valence-electron chi connectivity index (χ4n) is 1.32. The smallest absolute Gasteiger partial charge is 0.169 e. The fraction of sp³-hybridized carbons (Fsp3) is 0.222. The Balaban J connectivity index is 2.31. The van der Waals surface area contributed by atoms with Crippen LogP contribution in [0.3, 0.4) is 0 Å². The molecular formula is C9H9BrN2OS. The van der Waals surface area contributed by atoms with Crippen molar-refractivity contribution in [3.63, 3.8) is 0 Å². The summed E-state index contributed by atoms with van der Waals surface area (Å²) < 4.78 is 5.94. The lowest BCUT2D eigenvalue weighted by Gasteiger charge is -2.10. The molecule has 74 valence electrons. The van der Waals surface area contributed by atoms with Crippen LogP contribution in [0, 0.1) is 0 Å². The van der Waals surface area contributed by atoms with Crippen LogP contribution >= 0.6 is 27.3 Å². The summed E-state index contributed by atoms with van der Waals surface area (Å²) in [6.45, 7) is 0. The number of rotatable bonds is 3. The van der Waals surface area contributed by atoms with Gasteiger partial charge in [-0.3, -0.25) is 0 Å². The van der Waals surface area contributed by atoms with Gasteiger partial charge in [-0.2, -0.15) is 0 Å². The van der Waals surface area contributed by atoms with Crippen LogP contribution in [0.25, 0.3) is 0 Å². The normalized spacial score (nSPS) is 13.0. The van der Waals surface area contributed by atoms with Gasteiger partial charge in [0.1, 0.15) is 0 Å². The molecule has 0 aliphatic rings. The Bertz CT molecular complexity index is 399. The van der Waals surface area contributed by atoms with Crippen LogP contribution in [-0.4, -0.2) is 12.0 Å². The Kier molecular flexibility index (Phi) is 3.00. The highest BCUT2D eigenvalue weighted by Crippen LogP contribution is 2.25. The van der Waals surface area contributed by atoms with Crippen LogP contribution < -0.4 is 5.32 Å². The van der Waals surface area contributed by atoms with Crippen LogP contribution in [-0.2, 0) is 0 Å². The van der Waals surface area contributed by atoms with Crippen molar-refractivity contribution in [2.45, 2.75) is 6.04 Å². The summed E-state index contributed by atoms with van der Waals surface area (Å²) in [5, 5.41) is 5.23. The lowest BCUT2D eigenvalue weighted by molar-refractivity contribution is 0.533. The lowest BCUT2D eigenvalue weighted by atomic mass is 10.1. The number of nitrogens with zero attached hydrogens (tertiary/aromatic N) is 1. The lowest BCUT2D eigenvalue weighted by Crippen LogP contribution is -2.17. The molecule has 0 bridgehead atoms. The van der Waals surface area contributed by atoms with E-state index in [2.05, 4.69) is 26.2 Å². The molecule has 0 fully saturated rings. The third-order valence-electron chi connectivity index (χ3n) is 1.96. The first-order valence-corrected chi connectivity index (χ1v) is 5.84. The van der Waals surface area contributed by atoms with Crippen molar-refractivity contribution in [2.75, 3.05) is 7.05 Å². The first-order valence-electron chi connectivity index (χ1n) is 4.10. The number of furan rings is 1. The highest BCUT2D eigenvalue weighted by molar-refractivity contribution is 9.10. The van der Waals surface area contributed by atoms with Crippen molar-refractivity contribution >= 4 is 27.3 Å². The molecule has 0 spiro atoms.